The summed E-state index contributed by atoms with van der Waals surface area (Å²) in [6, 6.07) is 1.59. The van der Waals surface area contributed by atoms with Crippen molar-refractivity contribution in [1.29, 1.82) is 0 Å². The lowest BCUT2D eigenvalue weighted by Crippen LogP contribution is -2.35. The van der Waals surface area contributed by atoms with Gasteiger partial charge in [-0.25, -0.2) is 4.79 Å². The number of aromatic nitrogens is 1. The van der Waals surface area contributed by atoms with Crippen LogP contribution in [0.2, 0.25) is 0 Å². The van der Waals surface area contributed by atoms with E-state index in [0.29, 0.717) is 17.0 Å². The maximum atomic E-state index is 12.9. The molecular weight excluding hydrogens is 348 g/mol. The van der Waals surface area contributed by atoms with Crippen molar-refractivity contribution in [3.63, 3.8) is 0 Å². The molecule has 0 aromatic carbocycles. The Balaban J connectivity index is 3.75. The quantitative estimate of drug-likeness (QED) is 0.484. The van der Waals surface area contributed by atoms with Crippen LogP contribution in [-0.4, -0.2) is 49.7 Å². The van der Waals surface area contributed by atoms with E-state index in [2.05, 4.69) is 0 Å². The Labute approximate surface area is 161 Å². The number of carbonyl (C=O) groups is 3. The van der Waals surface area contributed by atoms with Crippen LogP contribution in [0.15, 0.2) is 6.07 Å². The van der Waals surface area contributed by atoms with Crippen LogP contribution < -0.4 is 5.01 Å². The first kappa shape index (κ1) is 22.7. The minimum Gasteiger partial charge on any atom is -0.465 e. The number of rotatable bonds is 9. The molecule has 0 fully saturated rings. The molecule has 0 amide bonds. The van der Waals surface area contributed by atoms with Gasteiger partial charge in [0.1, 0.15) is 0 Å². The van der Waals surface area contributed by atoms with Crippen molar-refractivity contribution in [2.45, 2.75) is 53.4 Å². The van der Waals surface area contributed by atoms with E-state index in [1.165, 1.54) is 0 Å². The Kier molecular flexibility index (Phi) is 8.06. The third kappa shape index (κ3) is 4.90. The van der Waals surface area contributed by atoms with E-state index >= 15 is 0 Å². The molecule has 1 rings (SSSR count). The van der Waals surface area contributed by atoms with E-state index in [9.17, 15) is 14.4 Å². The van der Waals surface area contributed by atoms with Crippen LogP contribution in [0.25, 0.3) is 0 Å². The number of hydrogen-bond donors (Lipinski definition) is 0. The van der Waals surface area contributed by atoms with Crippen molar-refractivity contribution in [1.82, 2.24) is 4.68 Å². The number of Topliss-reactive ketones (excluding diaryl/α,β-unsaturated/α-hetero) is 1. The minimum atomic E-state index is -1.10. The normalized spacial score (nSPS) is 12.2. The van der Waals surface area contributed by atoms with E-state index in [0.717, 1.165) is 0 Å². The van der Waals surface area contributed by atoms with Crippen LogP contribution in [0.1, 0.15) is 75.1 Å². The zero-order valence-electron chi connectivity index (χ0n) is 17.7. The summed E-state index contributed by atoms with van der Waals surface area (Å²) in [4.78, 5) is 38.1. The SMILES string of the molecule is CCOC(=O)c1cc(C(C(=O)OCC)C(=O)C(C)C)n(N(C)C)c1C(C)C. The smallest absolute Gasteiger partial charge is 0.340 e. The number of esters is 2. The first-order chi connectivity index (χ1) is 12.6. The van der Waals surface area contributed by atoms with Crippen LogP contribution >= 0.6 is 0 Å². The molecule has 1 aromatic rings. The van der Waals surface area contributed by atoms with Gasteiger partial charge < -0.3 is 14.5 Å². The Morgan fingerprint density at radius 3 is 2.00 bits per heavy atom. The van der Waals surface area contributed by atoms with Gasteiger partial charge in [0.2, 0.25) is 0 Å². The molecule has 0 spiro atoms. The molecule has 7 nitrogen and oxygen atoms in total. The number of hydrogen-bond acceptors (Lipinski definition) is 6. The van der Waals surface area contributed by atoms with Crippen LogP contribution in [0.5, 0.6) is 0 Å². The zero-order chi connectivity index (χ0) is 20.9. The fraction of sp³-hybridized carbons (Fsp3) is 0.650. The monoisotopic (exact) mass is 380 g/mol. The predicted molar refractivity (Wildman–Crippen MR) is 104 cm³/mol. The fourth-order valence-corrected chi connectivity index (χ4v) is 3.06. The number of ketones is 1. The Morgan fingerprint density at radius 2 is 1.59 bits per heavy atom. The number of carbonyl (C=O) groups excluding carboxylic acids is 3. The highest BCUT2D eigenvalue weighted by molar-refractivity contribution is 6.05. The topological polar surface area (TPSA) is 77.8 Å². The van der Waals surface area contributed by atoms with Gasteiger partial charge in [0.25, 0.3) is 0 Å². The van der Waals surface area contributed by atoms with Gasteiger partial charge in [0, 0.05) is 20.0 Å². The summed E-state index contributed by atoms with van der Waals surface area (Å²) < 4.78 is 12.1. The number of ether oxygens (including phenoxy) is 2. The summed E-state index contributed by atoms with van der Waals surface area (Å²) >= 11 is 0. The molecule has 0 saturated heterocycles. The molecule has 0 bridgehead atoms. The second-order valence-electron chi connectivity index (χ2n) is 7.14. The van der Waals surface area contributed by atoms with Gasteiger partial charge in [-0.2, -0.15) is 0 Å². The summed E-state index contributed by atoms with van der Waals surface area (Å²) in [6.45, 7) is 11.2. The average molecular weight is 380 g/mol. The standard InChI is InChI=1S/C20H32N2O5/c1-9-26-19(24)14-11-15(22(21(7)8)17(14)12(3)4)16(18(23)13(5)6)20(25)27-10-2/h11-13,16H,9-10H2,1-8H3. The van der Waals surface area contributed by atoms with Gasteiger partial charge in [-0.3, -0.25) is 14.3 Å². The molecule has 1 atom stereocenters. The second kappa shape index (κ2) is 9.58. The molecule has 7 heteroatoms. The van der Waals surface area contributed by atoms with Gasteiger partial charge in [0.15, 0.2) is 11.7 Å². The Morgan fingerprint density at radius 1 is 1.04 bits per heavy atom. The lowest BCUT2D eigenvalue weighted by molar-refractivity contribution is -0.148. The predicted octanol–water partition coefficient (Wildman–Crippen LogP) is 2.86. The van der Waals surface area contributed by atoms with Crippen LogP contribution in [0.4, 0.5) is 0 Å². The molecule has 0 radical (unpaired) electrons. The van der Waals surface area contributed by atoms with Crippen molar-refractivity contribution in [3.8, 4) is 0 Å². The van der Waals surface area contributed by atoms with Gasteiger partial charge >= 0.3 is 11.9 Å². The zero-order valence-corrected chi connectivity index (χ0v) is 17.7. The third-order valence-electron chi connectivity index (χ3n) is 4.15. The van der Waals surface area contributed by atoms with Crippen molar-refractivity contribution >= 4 is 17.7 Å². The highest BCUT2D eigenvalue weighted by atomic mass is 16.5. The van der Waals surface area contributed by atoms with Crippen molar-refractivity contribution in [2.24, 2.45) is 5.92 Å². The maximum Gasteiger partial charge on any atom is 0.340 e. The van der Waals surface area contributed by atoms with Crippen molar-refractivity contribution in [2.75, 3.05) is 32.3 Å². The summed E-state index contributed by atoms with van der Waals surface area (Å²) in [5, 5.41) is 1.76. The van der Waals surface area contributed by atoms with E-state index in [-0.39, 0.29) is 30.8 Å². The summed E-state index contributed by atoms with van der Waals surface area (Å²) in [5.74, 6) is -2.83. The summed E-state index contributed by atoms with van der Waals surface area (Å²) in [6.07, 6.45) is 0. The summed E-state index contributed by atoms with van der Waals surface area (Å²) in [5.41, 5.74) is 1.48. The van der Waals surface area contributed by atoms with Gasteiger partial charge in [0.05, 0.1) is 30.2 Å². The lowest BCUT2D eigenvalue weighted by Gasteiger charge is -2.26. The Hall–Kier alpha value is -2.31. The highest BCUT2D eigenvalue weighted by Crippen LogP contribution is 2.31. The minimum absolute atomic E-state index is 0.0300. The van der Waals surface area contributed by atoms with E-state index in [4.69, 9.17) is 9.47 Å². The van der Waals surface area contributed by atoms with Crippen LogP contribution in [0, 0.1) is 5.92 Å². The average Bonchev–Trinajstić information content (AvgIpc) is 2.96. The van der Waals surface area contributed by atoms with Crippen molar-refractivity contribution < 1.29 is 23.9 Å². The largest absolute Gasteiger partial charge is 0.465 e. The molecule has 1 aromatic heterocycles. The first-order valence-electron chi connectivity index (χ1n) is 9.38. The lowest BCUT2D eigenvalue weighted by atomic mass is 9.92. The molecule has 0 saturated carbocycles. The number of nitrogens with zero attached hydrogens (tertiary/aromatic N) is 2. The molecule has 152 valence electrons. The van der Waals surface area contributed by atoms with E-state index in [1.54, 1.807) is 57.5 Å². The van der Waals surface area contributed by atoms with E-state index < -0.39 is 17.9 Å². The fourth-order valence-electron chi connectivity index (χ4n) is 3.06. The van der Waals surface area contributed by atoms with Crippen LogP contribution in [0.3, 0.4) is 0 Å². The molecular formula is C20H32N2O5. The molecule has 0 aliphatic rings. The Bertz CT molecular complexity index is 689. The molecule has 0 aliphatic heterocycles. The molecule has 1 unspecified atom stereocenters. The highest BCUT2D eigenvalue weighted by Gasteiger charge is 2.37. The molecule has 0 aliphatic carbocycles. The van der Waals surface area contributed by atoms with E-state index in [1.807, 2.05) is 13.8 Å². The molecule has 0 N–H and O–H groups in total. The van der Waals surface area contributed by atoms with Gasteiger partial charge in [-0.05, 0) is 25.8 Å². The molecule has 27 heavy (non-hydrogen) atoms. The maximum absolute atomic E-state index is 12.9. The van der Waals surface area contributed by atoms with Crippen molar-refractivity contribution in [3.05, 3.63) is 23.0 Å². The van der Waals surface area contributed by atoms with Gasteiger partial charge in [-0.15, -0.1) is 0 Å². The first-order valence-corrected chi connectivity index (χ1v) is 9.38. The molecule has 1 heterocycles. The van der Waals surface area contributed by atoms with Gasteiger partial charge in [-0.1, -0.05) is 27.7 Å². The summed E-state index contributed by atoms with van der Waals surface area (Å²) in [7, 11) is 3.60. The third-order valence-corrected chi connectivity index (χ3v) is 4.15. The van der Waals surface area contributed by atoms with Crippen LogP contribution in [-0.2, 0) is 19.1 Å². The second-order valence-corrected chi connectivity index (χ2v) is 7.14.